The fraction of sp³-hybridized carbons (Fsp3) is 0.923. The van der Waals surface area contributed by atoms with Gasteiger partial charge in [0.25, 0.3) is 0 Å². The van der Waals surface area contributed by atoms with Gasteiger partial charge in [-0.3, -0.25) is 9.46 Å². The van der Waals surface area contributed by atoms with Crippen LogP contribution in [0.5, 0.6) is 0 Å². The molecule has 0 heterocycles. The van der Waals surface area contributed by atoms with E-state index in [2.05, 4.69) is 9.39 Å². The van der Waals surface area contributed by atoms with Gasteiger partial charge in [-0.1, -0.05) is 54.3 Å². The predicted molar refractivity (Wildman–Crippen MR) is 78.7 cm³/mol. The summed E-state index contributed by atoms with van der Waals surface area (Å²) in [6, 6.07) is 0. The summed E-state index contributed by atoms with van der Waals surface area (Å²) >= 11 is 0. The maximum Gasteiger partial charge on any atom is 0.304 e. The van der Waals surface area contributed by atoms with Gasteiger partial charge in [0.1, 0.15) is 0 Å². The van der Waals surface area contributed by atoms with Crippen LogP contribution in [0, 0.1) is 0 Å². The minimum absolute atomic E-state index is 0.155. The normalized spacial score (nSPS) is 21.7. The molecule has 1 N–H and O–H groups in total. The van der Waals surface area contributed by atoms with E-state index in [1.54, 1.807) is 0 Å². The molecular formula is C13H25BNO2P. The van der Waals surface area contributed by atoms with Gasteiger partial charge in [-0.15, -0.1) is 0 Å². The van der Waals surface area contributed by atoms with Crippen LogP contribution in [0.4, 0.5) is 0 Å². The first-order chi connectivity index (χ1) is 8.54. The molecule has 0 saturated heterocycles. The molecule has 5 heteroatoms. The summed E-state index contributed by atoms with van der Waals surface area (Å²) < 4.78 is 1.97. The monoisotopic (exact) mass is 269 g/mol. The molecule has 1 aliphatic carbocycles. The van der Waals surface area contributed by atoms with E-state index in [4.69, 9.17) is 13.0 Å². The van der Waals surface area contributed by atoms with Crippen molar-refractivity contribution in [2.45, 2.75) is 69.6 Å². The summed E-state index contributed by atoms with van der Waals surface area (Å²) in [5, 5.41) is 8.75. The molecule has 1 saturated carbocycles. The molecular weight excluding hydrogens is 244 g/mol. The van der Waals surface area contributed by atoms with Crippen molar-refractivity contribution in [2.24, 2.45) is 0 Å². The second-order valence-electron chi connectivity index (χ2n) is 5.42. The van der Waals surface area contributed by atoms with E-state index in [1.807, 2.05) is 4.67 Å². The molecule has 1 atom stereocenters. The van der Waals surface area contributed by atoms with Crippen molar-refractivity contribution in [3.63, 3.8) is 0 Å². The summed E-state index contributed by atoms with van der Waals surface area (Å²) in [7, 11) is 9.13. The molecule has 3 nitrogen and oxygen atoms in total. The van der Waals surface area contributed by atoms with Gasteiger partial charge in [0, 0.05) is 6.54 Å². The summed E-state index contributed by atoms with van der Waals surface area (Å²) in [5.74, 6) is -0.758. The zero-order valence-corrected chi connectivity index (χ0v) is 12.4. The number of hydrogen-bond acceptors (Lipinski definition) is 2. The lowest BCUT2D eigenvalue weighted by Crippen LogP contribution is -2.44. The van der Waals surface area contributed by atoms with Gasteiger partial charge in [0.05, 0.1) is 14.3 Å². The molecule has 0 amide bonds. The van der Waals surface area contributed by atoms with Crippen LogP contribution in [-0.2, 0) is 4.79 Å². The SMILES string of the molecule is [B]C1(N(P)CCC(=O)O)CCCCCCCCC1. The van der Waals surface area contributed by atoms with Crippen LogP contribution in [0.25, 0.3) is 0 Å². The van der Waals surface area contributed by atoms with Crippen molar-refractivity contribution < 1.29 is 9.90 Å². The zero-order chi connectivity index (χ0) is 13.4. The topological polar surface area (TPSA) is 40.5 Å². The summed E-state index contributed by atoms with van der Waals surface area (Å²) in [5.41, 5.74) is -0.336. The quantitative estimate of drug-likeness (QED) is 0.630. The first-order valence-corrected chi connectivity index (χ1v) is 7.59. The second kappa shape index (κ2) is 8.17. The molecule has 0 aromatic rings. The lowest BCUT2D eigenvalue weighted by atomic mass is 9.69. The number of carboxylic acids is 1. The molecule has 0 spiro atoms. The molecule has 1 aliphatic rings. The van der Waals surface area contributed by atoms with Gasteiger partial charge in [0.2, 0.25) is 0 Å². The van der Waals surface area contributed by atoms with E-state index in [-0.39, 0.29) is 11.9 Å². The van der Waals surface area contributed by atoms with E-state index in [0.29, 0.717) is 6.54 Å². The second-order valence-corrected chi connectivity index (χ2v) is 6.04. The Balaban J connectivity index is 2.50. The highest BCUT2D eigenvalue weighted by Crippen LogP contribution is 2.30. The van der Waals surface area contributed by atoms with E-state index in [9.17, 15) is 4.79 Å². The third kappa shape index (κ3) is 5.71. The van der Waals surface area contributed by atoms with E-state index < -0.39 is 5.97 Å². The Hall–Kier alpha value is -0.0751. The van der Waals surface area contributed by atoms with E-state index >= 15 is 0 Å². The Kier molecular flexibility index (Phi) is 7.25. The Bertz CT molecular complexity index is 253. The van der Waals surface area contributed by atoms with Crippen LogP contribution in [-0.4, -0.2) is 35.6 Å². The summed E-state index contributed by atoms with van der Waals surface area (Å²) in [6.45, 7) is 0.510. The Morgan fingerprint density at radius 1 is 1.11 bits per heavy atom. The van der Waals surface area contributed by atoms with Gasteiger partial charge in [-0.25, -0.2) is 0 Å². The number of carbonyl (C=O) groups is 1. The average molecular weight is 269 g/mol. The molecule has 0 aromatic carbocycles. The number of aliphatic carboxylic acids is 1. The van der Waals surface area contributed by atoms with Crippen LogP contribution in [0.3, 0.4) is 0 Å². The van der Waals surface area contributed by atoms with Crippen molar-refractivity contribution in [3.8, 4) is 0 Å². The molecule has 0 aromatic heterocycles. The third-order valence-corrected chi connectivity index (χ3v) is 4.63. The van der Waals surface area contributed by atoms with Crippen LogP contribution in [0.2, 0.25) is 0 Å². The molecule has 2 radical (unpaired) electrons. The van der Waals surface area contributed by atoms with E-state index in [1.165, 1.54) is 32.1 Å². The van der Waals surface area contributed by atoms with E-state index in [0.717, 1.165) is 25.7 Å². The smallest absolute Gasteiger partial charge is 0.304 e. The average Bonchev–Trinajstić information content (AvgIpc) is 2.34. The Morgan fingerprint density at radius 2 is 1.56 bits per heavy atom. The number of rotatable bonds is 4. The van der Waals surface area contributed by atoms with Gasteiger partial charge >= 0.3 is 5.97 Å². The molecule has 1 fully saturated rings. The van der Waals surface area contributed by atoms with Gasteiger partial charge < -0.3 is 5.11 Å². The summed E-state index contributed by atoms with van der Waals surface area (Å²) in [4.78, 5) is 10.6. The van der Waals surface area contributed by atoms with Crippen molar-refractivity contribution in [1.82, 2.24) is 4.67 Å². The number of nitrogens with zero attached hydrogens (tertiary/aromatic N) is 1. The highest BCUT2D eigenvalue weighted by molar-refractivity contribution is 7.13. The van der Waals surface area contributed by atoms with Crippen molar-refractivity contribution in [1.29, 1.82) is 0 Å². The van der Waals surface area contributed by atoms with Crippen LogP contribution < -0.4 is 0 Å². The number of hydrogen-bond donors (Lipinski definition) is 1. The first-order valence-electron chi connectivity index (χ1n) is 7.08. The Morgan fingerprint density at radius 3 is 2.00 bits per heavy atom. The van der Waals surface area contributed by atoms with Crippen LogP contribution >= 0.6 is 9.39 Å². The fourth-order valence-electron chi connectivity index (χ4n) is 2.60. The molecule has 18 heavy (non-hydrogen) atoms. The van der Waals surface area contributed by atoms with Gasteiger partial charge in [-0.05, 0) is 18.3 Å². The largest absolute Gasteiger partial charge is 0.481 e. The molecule has 102 valence electrons. The maximum atomic E-state index is 10.6. The minimum Gasteiger partial charge on any atom is -0.481 e. The van der Waals surface area contributed by atoms with Crippen LogP contribution in [0.1, 0.15) is 64.2 Å². The third-order valence-electron chi connectivity index (χ3n) is 3.86. The first kappa shape index (κ1) is 16.0. The maximum absolute atomic E-state index is 10.6. The standard InChI is InChI=1S/C13H25BNO2P/c14-13(15(18)11-8-12(16)17)9-6-4-2-1-3-5-7-10-13/h1-11,18H2,(H,16,17). The Labute approximate surface area is 114 Å². The van der Waals surface area contributed by atoms with Crippen molar-refractivity contribution in [2.75, 3.05) is 6.54 Å². The van der Waals surface area contributed by atoms with Gasteiger partial charge in [0.15, 0.2) is 0 Å². The molecule has 0 bridgehead atoms. The molecule has 0 aliphatic heterocycles. The zero-order valence-electron chi connectivity index (χ0n) is 11.2. The molecule has 1 unspecified atom stereocenters. The lowest BCUT2D eigenvalue weighted by Gasteiger charge is -2.40. The highest BCUT2D eigenvalue weighted by Gasteiger charge is 2.28. The van der Waals surface area contributed by atoms with Crippen LogP contribution in [0.15, 0.2) is 0 Å². The van der Waals surface area contributed by atoms with Gasteiger partial charge in [-0.2, -0.15) is 0 Å². The van der Waals surface area contributed by atoms with Crippen molar-refractivity contribution >= 4 is 23.2 Å². The highest BCUT2D eigenvalue weighted by atomic mass is 31.0. The predicted octanol–water partition coefficient (Wildman–Crippen LogP) is 2.94. The fourth-order valence-corrected chi connectivity index (χ4v) is 2.98. The van der Waals surface area contributed by atoms with Crippen molar-refractivity contribution in [3.05, 3.63) is 0 Å². The minimum atomic E-state index is -0.758. The molecule has 1 rings (SSSR count). The summed E-state index contributed by atoms with van der Waals surface area (Å²) in [6.07, 6.45) is 10.8. The number of carboxylic acid groups (broad SMARTS) is 1. The lowest BCUT2D eigenvalue weighted by molar-refractivity contribution is -0.137.